The Bertz CT molecular complexity index is 836. The van der Waals surface area contributed by atoms with Gasteiger partial charge in [-0.1, -0.05) is 24.9 Å². The fourth-order valence-electron chi connectivity index (χ4n) is 3.11. The number of sulfonamides is 1. The van der Waals surface area contributed by atoms with Crippen LogP contribution in [0.4, 0.5) is 5.69 Å². The van der Waals surface area contributed by atoms with Crippen molar-refractivity contribution in [3.05, 3.63) is 23.2 Å². The quantitative estimate of drug-likeness (QED) is 0.722. The van der Waals surface area contributed by atoms with E-state index in [1.807, 2.05) is 6.92 Å². The molecule has 0 spiro atoms. The van der Waals surface area contributed by atoms with Crippen LogP contribution in [0.3, 0.4) is 0 Å². The molecule has 1 aliphatic carbocycles. The van der Waals surface area contributed by atoms with Crippen molar-refractivity contribution in [2.45, 2.75) is 37.5 Å². The fourth-order valence-corrected chi connectivity index (χ4v) is 5.13. The third kappa shape index (κ3) is 4.80. The van der Waals surface area contributed by atoms with Crippen LogP contribution < -0.4 is 5.32 Å². The zero-order valence-corrected chi connectivity index (χ0v) is 16.7. The number of hydrogen-bond acceptors (Lipinski definition) is 5. The molecule has 1 saturated heterocycles. The van der Waals surface area contributed by atoms with E-state index in [9.17, 15) is 18.0 Å². The van der Waals surface area contributed by atoms with Crippen molar-refractivity contribution in [2.24, 2.45) is 11.8 Å². The van der Waals surface area contributed by atoms with Gasteiger partial charge in [0.05, 0.1) is 10.9 Å². The molecular formula is C18H23ClN2O5S. The highest BCUT2D eigenvalue weighted by Crippen LogP contribution is 2.38. The van der Waals surface area contributed by atoms with Gasteiger partial charge in [-0.25, -0.2) is 8.42 Å². The van der Waals surface area contributed by atoms with E-state index in [2.05, 4.69) is 5.32 Å². The number of nitrogens with one attached hydrogen (secondary N) is 1. The Morgan fingerprint density at radius 3 is 2.56 bits per heavy atom. The van der Waals surface area contributed by atoms with Crippen LogP contribution in [0.15, 0.2) is 23.1 Å². The topological polar surface area (TPSA) is 92.8 Å². The fraction of sp³-hybridized carbons (Fsp3) is 0.556. The molecule has 1 N–H and O–H groups in total. The minimum absolute atomic E-state index is 0.0346. The van der Waals surface area contributed by atoms with Crippen molar-refractivity contribution < 1.29 is 22.7 Å². The van der Waals surface area contributed by atoms with E-state index in [-0.39, 0.29) is 27.5 Å². The number of rotatable bonds is 6. The molecule has 7 nitrogen and oxygen atoms in total. The molecule has 1 aromatic rings. The third-order valence-corrected chi connectivity index (χ3v) is 7.29. The zero-order valence-electron chi connectivity index (χ0n) is 15.1. The molecule has 9 heteroatoms. The van der Waals surface area contributed by atoms with Gasteiger partial charge in [-0.15, -0.1) is 0 Å². The maximum absolute atomic E-state index is 12.8. The molecule has 2 fully saturated rings. The van der Waals surface area contributed by atoms with Gasteiger partial charge >= 0.3 is 5.97 Å². The van der Waals surface area contributed by atoms with E-state index >= 15 is 0 Å². The first kappa shape index (κ1) is 20.1. The maximum atomic E-state index is 12.8. The van der Waals surface area contributed by atoms with Crippen LogP contribution >= 0.6 is 11.6 Å². The molecular weight excluding hydrogens is 392 g/mol. The molecule has 2 aliphatic rings. The van der Waals surface area contributed by atoms with Gasteiger partial charge in [0.25, 0.3) is 5.91 Å². The first-order valence-electron chi connectivity index (χ1n) is 9.05. The minimum Gasteiger partial charge on any atom is -0.455 e. The van der Waals surface area contributed by atoms with Crippen LogP contribution in [-0.2, 0) is 24.3 Å². The number of nitrogens with zero attached hydrogens (tertiary/aromatic N) is 1. The number of hydrogen-bond donors (Lipinski definition) is 1. The van der Waals surface area contributed by atoms with Gasteiger partial charge in [0, 0.05) is 18.8 Å². The summed E-state index contributed by atoms with van der Waals surface area (Å²) in [7, 11) is -3.72. The molecule has 1 saturated carbocycles. The van der Waals surface area contributed by atoms with Crippen molar-refractivity contribution in [1.29, 1.82) is 0 Å². The van der Waals surface area contributed by atoms with E-state index in [0.29, 0.717) is 19.0 Å². The summed E-state index contributed by atoms with van der Waals surface area (Å²) in [5, 5.41) is 2.66. The normalized spacial score (nSPS) is 22.9. The van der Waals surface area contributed by atoms with E-state index in [4.69, 9.17) is 16.3 Å². The molecule has 0 bridgehead atoms. The predicted octanol–water partition coefficient (Wildman–Crippen LogP) is 2.65. The number of ether oxygens (including phenoxy) is 1. The number of halogens is 1. The Balaban J connectivity index is 1.65. The average Bonchev–Trinajstić information content (AvgIpc) is 3.39. The van der Waals surface area contributed by atoms with Crippen molar-refractivity contribution in [3.63, 3.8) is 0 Å². The molecule has 1 amide bonds. The maximum Gasteiger partial charge on any atom is 0.309 e. The van der Waals surface area contributed by atoms with Crippen LogP contribution in [-0.4, -0.2) is 44.3 Å². The van der Waals surface area contributed by atoms with Crippen LogP contribution in [0.1, 0.15) is 32.6 Å². The van der Waals surface area contributed by atoms with Crippen LogP contribution in [0.2, 0.25) is 5.02 Å². The molecule has 2 atom stereocenters. The van der Waals surface area contributed by atoms with E-state index in [0.717, 1.165) is 25.7 Å². The van der Waals surface area contributed by atoms with Gasteiger partial charge in [0.15, 0.2) is 6.61 Å². The Hall–Kier alpha value is -1.64. The molecule has 1 aliphatic heterocycles. The van der Waals surface area contributed by atoms with Crippen molar-refractivity contribution in [1.82, 2.24) is 4.31 Å². The molecule has 1 aromatic carbocycles. The summed E-state index contributed by atoms with van der Waals surface area (Å²) in [5.41, 5.74) is 0.288. The number of carbonyl (C=O) groups excluding carboxylic acids is 2. The molecule has 3 rings (SSSR count). The molecule has 1 heterocycles. The number of benzene rings is 1. The molecule has 0 radical (unpaired) electrons. The van der Waals surface area contributed by atoms with Crippen molar-refractivity contribution in [3.8, 4) is 0 Å². The lowest BCUT2D eigenvalue weighted by Gasteiger charge is -2.26. The van der Waals surface area contributed by atoms with E-state index in [1.54, 1.807) is 0 Å². The molecule has 0 unspecified atom stereocenters. The lowest BCUT2D eigenvalue weighted by molar-refractivity contribution is -0.148. The summed E-state index contributed by atoms with van der Waals surface area (Å²) in [5.74, 6) is -0.712. The van der Waals surface area contributed by atoms with Gasteiger partial charge in [-0.05, 0) is 43.4 Å². The second-order valence-corrected chi connectivity index (χ2v) is 9.40. The molecule has 27 heavy (non-hydrogen) atoms. The standard InChI is InChI=1S/C18H23ClN2O5S/c1-12-9-14(12)18(23)26-11-17(22)20-13-5-6-15(19)16(10-13)27(24,25)21-7-3-2-4-8-21/h5-6,10,12,14H,2-4,7-9,11H2,1H3,(H,20,22)/t12-,14-/m0/s1. The lowest BCUT2D eigenvalue weighted by Crippen LogP contribution is -2.35. The summed E-state index contributed by atoms with van der Waals surface area (Å²) < 4.78 is 32.1. The number of piperidine rings is 1. The van der Waals surface area contributed by atoms with Gasteiger partial charge in [-0.3, -0.25) is 9.59 Å². The highest BCUT2D eigenvalue weighted by molar-refractivity contribution is 7.89. The predicted molar refractivity (Wildman–Crippen MR) is 101 cm³/mol. The highest BCUT2D eigenvalue weighted by Gasteiger charge is 2.40. The highest BCUT2D eigenvalue weighted by atomic mass is 35.5. The summed E-state index contributed by atoms with van der Waals surface area (Å²) in [6.07, 6.45) is 3.43. The Labute approximate surface area is 164 Å². The smallest absolute Gasteiger partial charge is 0.309 e. The largest absolute Gasteiger partial charge is 0.455 e. The summed E-state index contributed by atoms with van der Waals surface area (Å²) in [6.45, 7) is 2.47. The number of anilines is 1. The Morgan fingerprint density at radius 2 is 1.93 bits per heavy atom. The first-order valence-corrected chi connectivity index (χ1v) is 10.9. The van der Waals surface area contributed by atoms with E-state index < -0.39 is 22.5 Å². The Morgan fingerprint density at radius 1 is 1.26 bits per heavy atom. The van der Waals surface area contributed by atoms with Gasteiger partial charge in [-0.2, -0.15) is 4.31 Å². The van der Waals surface area contributed by atoms with Crippen LogP contribution in [0.5, 0.6) is 0 Å². The number of esters is 1. The summed E-state index contributed by atoms with van der Waals surface area (Å²) in [6, 6.07) is 4.29. The second kappa shape index (κ2) is 8.16. The average molecular weight is 415 g/mol. The van der Waals surface area contributed by atoms with Gasteiger partial charge < -0.3 is 10.1 Å². The second-order valence-electron chi connectivity index (χ2n) is 7.09. The van der Waals surface area contributed by atoms with Crippen LogP contribution in [0, 0.1) is 11.8 Å². The summed E-state index contributed by atoms with van der Waals surface area (Å²) >= 11 is 6.11. The van der Waals surface area contributed by atoms with Crippen molar-refractivity contribution in [2.75, 3.05) is 25.0 Å². The SMILES string of the molecule is C[C@H]1C[C@@H]1C(=O)OCC(=O)Nc1ccc(Cl)c(S(=O)(=O)N2CCCCC2)c1. The number of amides is 1. The van der Waals surface area contributed by atoms with E-state index in [1.165, 1.54) is 22.5 Å². The number of carbonyl (C=O) groups is 2. The third-order valence-electron chi connectivity index (χ3n) is 4.91. The van der Waals surface area contributed by atoms with Gasteiger partial charge in [0.2, 0.25) is 10.0 Å². The van der Waals surface area contributed by atoms with Crippen LogP contribution in [0.25, 0.3) is 0 Å². The monoisotopic (exact) mass is 414 g/mol. The molecule has 0 aromatic heterocycles. The lowest BCUT2D eigenvalue weighted by atomic mass is 10.2. The Kier molecular flexibility index (Phi) is 6.08. The van der Waals surface area contributed by atoms with Gasteiger partial charge in [0.1, 0.15) is 4.90 Å². The van der Waals surface area contributed by atoms with Crippen molar-refractivity contribution >= 4 is 39.2 Å². The first-order chi connectivity index (χ1) is 12.8. The minimum atomic E-state index is -3.72. The summed E-state index contributed by atoms with van der Waals surface area (Å²) in [4.78, 5) is 23.6. The zero-order chi connectivity index (χ0) is 19.6. The molecule has 148 valence electrons.